The molecule has 1 unspecified atom stereocenters. The van der Waals surface area contributed by atoms with Crippen LogP contribution in [0.5, 0.6) is 5.75 Å². The van der Waals surface area contributed by atoms with E-state index in [-0.39, 0.29) is 6.04 Å². The molecule has 0 radical (unpaired) electrons. The minimum absolute atomic E-state index is 0.128. The third-order valence-corrected chi connectivity index (χ3v) is 2.87. The zero-order chi connectivity index (χ0) is 13.5. The van der Waals surface area contributed by atoms with Crippen LogP contribution >= 0.6 is 0 Å². The molecule has 0 heterocycles. The number of hydrogen-bond acceptors (Lipinski definition) is 3. The number of allylic oxidation sites excluding steroid dienone is 1. The van der Waals surface area contributed by atoms with Gasteiger partial charge in [0.2, 0.25) is 0 Å². The lowest BCUT2D eigenvalue weighted by Crippen LogP contribution is -2.20. The molecule has 18 heavy (non-hydrogen) atoms. The molecule has 0 aromatic heterocycles. The summed E-state index contributed by atoms with van der Waals surface area (Å²) in [6.07, 6.45) is 2.17. The normalized spacial score (nSPS) is 12.0. The maximum Gasteiger partial charge on any atom is 0.119 e. The fraction of sp³-hybridized carbons (Fsp3) is 0.467. The number of ether oxygens (including phenoxy) is 1. The molecular formula is C15H23NO2. The van der Waals surface area contributed by atoms with Crippen LogP contribution in [-0.2, 0) is 0 Å². The Bertz CT molecular complexity index is 390. The van der Waals surface area contributed by atoms with Crippen molar-refractivity contribution in [3.05, 3.63) is 42.1 Å². The largest absolute Gasteiger partial charge is 0.494 e. The number of benzene rings is 1. The van der Waals surface area contributed by atoms with Gasteiger partial charge >= 0.3 is 0 Å². The summed E-state index contributed by atoms with van der Waals surface area (Å²) in [6.45, 7) is 10.3. The molecule has 0 saturated carbocycles. The summed E-state index contributed by atoms with van der Waals surface area (Å²) in [5, 5.41) is 11.0. The SMILES string of the molecule is C=C(C)N(O)C(C)c1cccc(OCCCC)c1. The van der Waals surface area contributed by atoms with Gasteiger partial charge in [-0.05, 0) is 38.0 Å². The van der Waals surface area contributed by atoms with Crippen molar-refractivity contribution in [1.29, 1.82) is 0 Å². The van der Waals surface area contributed by atoms with E-state index >= 15 is 0 Å². The van der Waals surface area contributed by atoms with Crippen molar-refractivity contribution in [3.8, 4) is 5.75 Å². The Morgan fingerprint density at radius 3 is 2.83 bits per heavy atom. The molecule has 0 aliphatic carbocycles. The monoisotopic (exact) mass is 249 g/mol. The number of nitrogens with zero attached hydrogens (tertiary/aromatic N) is 1. The van der Waals surface area contributed by atoms with Gasteiger partial charge in [-0.1, -0.05) is 32.1 Å². The first kappa shape index (κ1) is 14.6. The van der Waals surface area contributed by atoms with Crippen molar-refractivity contribution < 1.29 is 9.94 Å². The van der Waals surface area contributed by atoms with Gasteiger partial charge in [0.1, 0.15) is 5.75 Å². The third kappa shape index (κ3) is 4.08. The maximum absolute atomic E-state index is 9.85. The molecule has 0 amide bonds. The molecule has 3 heteroatoms. The van der Waals surface area contributed by atoms with E-state index in [4.69, 9.17) is 4.74 Å². The third-order valence-electron chi connectivity index (χ3n) is 2.87. The highest BCUT2D eigenvalue weighted by Gasteiger charge is 2.13. The van der Waals surface area contributed by atoms with Gasteiger partial charge in [0.15, 0.2) is 0 Å². The molecule has 0 aliphatic rings. The molecule has 1 N–H and O–H groups in total. The van der Waals surface area contributed by atoms with Gasteiger partial charge in [0, 0.05) is 5.70 Å². The van der Waals surface area contributed by atoms with Gasteiger partial charge in [-0.15, -0.1) is 0 Å². The van der Waals surface area contributed by atoms with Gasteiger partial charge in [0.25, 0.3) is 0 Å². The van der Waals surface area contributed by atoms with E-state index in [1.165, 1.54) is 5.06 Å². The molecule has 1 aromatic carbocycles. The van der Waals surface area contributed by atoms with E-state index in [9.17, 15) is 5.21 Å². The van der Waals surface area contributed by atoms with Crippen molar-refractivity contribution in [2.24, 2.45) is 0 Å². The number of rotatable bonds is 7. The van der Waals surface area contributed by atoms with Crippen LogP contribution in [0.15, 0.2) is 36.5 Å². The Morgan fingerprint density at radius 2 is 2.22 bits per heavy atom. The van der Waals surface area contributed by atoms with Crippen molar-refractivity contribution >= 4 is 0 Å². The van der Waals surface area contributed by atoms with E-state index < -0.39 is 0 Å². The minimum atomic E-state index is -0.128. The Hall–Kier alpha value is -1.48. The first-order valence-corrected chi connectivity index (χ1v) is 6.42. The minimum Gasteiger partial charge on any atom is -0.494 e. The van der Waals surface area contributed by atoms with Crippen molar-refractivity contribution in [3.63, 3.8) is 0 Å². The Kier molecular flexibility index (Phi) is 5.72. The molecular weight excluding hydrogens is 226 g/mol. The van der Waals surface area contributed by atoms with E-state index in [1.54, 1.807) is 6.92 Å². The second kappa shape index (κ2) is 7.07. The molecule has 3 nitrogen and oxygen atoms in total. The van der Waals surface area contributed by atoms with Gasteiger partial charge < -0.3 is 4.74 Å². The van der Waals surface area contributed by atoms with E-state index in [1.807, 2.05) is 31.2 Å². The smallest absolute Gasteiger partial charge is 0.119 e. The number of hydroxylamine groups is 2. The predicted octanol–water partition coefficient (Wildman–Crippen LogP) is 4.15. The predicted molar refractivity (Wildman–Crippen MR) is 73.7 cm³/mol. The topological polar surface area (TPSA) is 32.7 Å². The lowest BCUT2D eigenvalue weighted by Gasteiger charge is -2.25. The van der Waals surface area contributed by atoms with E-state index in [0.29, 0.717) is 5.70 Å². The first-order valence-electron chi connectivity index (χ1n) is 6.42. The Morgan fingerprint density at radius 1 is 1.50 bits per heavy atom. The highest BCUT2D eigenvalue weighted by Crippen LogP contribution is 2.24. The summed E-state index contributed by atoms with van der Waals surface area (Å²) in [7, 11) is 0. The lowest BCUT2D eigenvalue weighted by atomic mass is 10.1. The standard InChI is InChI=1S/C15H23NO2/c1-5-6-10-18-15-9-7-8-14(11-15)13(4)16(17)12(2)3/h7-9,11,13,17H,2,5-6,10H2,1,3-4H3. The zero-order valence-corrected chi connectivity index (χ0v) is 11.5. The summed E-state index contributed by atoms with van der Waals surface area (Å²) in [6, 6.07) is 7.70. The summed E-state index contributed by atoms with van der Waals surface area (Å²) in [4.78, 5) is 0. The molecule has 0 aliphatic heterocycles. The fourth-order valence-electron chi connectivity index (χ4n) is 1.67. The fourth-order valence-corrected chi connectivity index (χ4v) is 1.67. The average Bonchev–Trinajstić information content (AvgIpc) is 2.37. The summed E-state index contributed by atoms with van der Waals surface area (Å²) < 4.78 is 5.65. The van der Waals surface area contributed by atoms with Crippen LogP contribution in [0.3, 0.4) is 0 Å². The first-order chi connectivity index (χ1) is 8.56. The quantitative estimate of drug-likeness (QED) is 0.582. The molecule has 0 fully saturated rings. The lowest BCUT2D eigenvalue weighted by molar-refractivity contribution is -0.0882. The second-order valence-corrected chi connectivity index (χ2v) is 4.53. The maximum atomic E-state index is 9.85. The number of hydrogen-bond donors (Lipinski definition) is 1. The number of unbranched alkanes of at least 4 members (excludes halogenated alkanes) is 1. The van der Waals surface area contributed by atoms with Crippen LogP contribution in [0.25, 0.3) is 0 Å². The van der Waals surface area contributed by atoms with Crippen molar-refractivity contribution in [2.45, 2.75) is 39.7 Å². The van der Waals surface area contributed by atoms with Crippen LogP contribution in [0.4, 0.5) is 0 Å². The van der Waals surface area contributed by atoms with Gasteiger partial charge in [-0.3, -0.25) is 10.3 Å². The molecule has 1 rings (SSSR count). The molecule has 1 aromatic rings. The Labute approximate surface area is 110 Å². The highest BCUT2D eigenvalue weighted by atomic mass is 16.5. The molecule has 0 bridgehead atoms. The van der Waals surface area contributed by atoms with Crippen LogP contribution in [0.1, 0.15) is 45.2 Å². The summed E-state index contributed by atoms with van der Waals surface area (Å²) >= 11 is 0. The Balaban J connectivity index is 2.71. The molecule has 0 saturated heterocycles. The van der Waals surface area contributed by atoms with Crippen LogP contribution < -0.4 is 4.74 Å². The van der Waals surface area contributed by atoms with Crippen LogP contribution in [-0.4, -0.2) is 16.9 Å². The second-order valence-electron chi connectivity index (χ2n) is 4.53. The van der Waals surface area contributed by atoms with Crippen LogP contribution in [0.2, 0.25) is 0 Å². The van der Waals surface area contributed by atoms with Crippen molar-refractivity contribution in [1.82, 2.24) is 5.06 Å². The van der Waals surface area contributed by atoms with Gasteiger partial charge in [-0.2, -0.15) is 0 Å². The molecule has 1 atom stereocenters. The van der Waals surface area contributed by atoms with Crippen LogP contribution in [0, 0.1) is 0 Å². The van der Waals surface area contributed by atoms with Crippen molar-refractivity contribution in [2.75, 3.05) is 6.61 Å². The highest BCUT2D eigenvalue weighted by molar-refractivity contribution is 5.30. The average molecular weight is 249 g/mol. The van der Waals surface area contributed by atoms with Gasteiger partial charge in [0.05, 0.1) is 12.6 Å². The van der Waals surface area contributed by atoms with E-state index in [2.05, 4.69) is 13.5 Å². The summed E-state index contributed by atoms with van der Waals surface area (Å²) in [5.74, 6) is 0.850. The summed E-state index contributed by atoms with van der Waals surface area (Å²) in [5.41, 5.74) is 1.63. The molecule has 0 spiro atoms. The molecule has 100 valence electrons. The van der Waals surface area contributed by atoms with E-state index in [0.717, 1.165) is 30.8 Å². The zero-order valence-electron chi connectivity index (χ0n) is 11.5. The van der Waals surface area contributed by atoms with Gasteiger partial charge in [-0.25, -0.2) is 0 Å².